The molecule has 0 spiro atoms. The van der Waals surface area contributed by atoms with Gasteiger partial charge in [0.25, 0.3) is 0 Å². The highest BCUT2D eigenvalue weighted by molar-refractivity contribution is 8.06. The average molecular weight is 272 g/mol. The van der Waals surface area contributed by atoms with Crippen LogP contribution in [0.2, 0.25) is 0 Å². The van der Waals surface area contributed by atoms with Gasteiger partial charge in [-0.05, 0) is 24.5 Å². The molecule has 96 valence electrons. The van der Waals surface area contributed by atoms with Gasteiger partial charge in [-0.3, -0.25) is 0 Å². The summed E-state index contributed by atoms with van der Waals surface area (Å²) in [5.74, 6) is -0.617. The summed E-state index contributed by atoms with van der Waals surface area (Å²) < 4.78 is 4.65. The number of esters is 1. The molecular weight excluding hydrogens is 260 g/mol. The van der Waals surface area contributed by atoms with Gasteiger partial charge in [0.05, 0.1) is 7.11 Å². The second-order valence-electron chi connectivity index (χ2n) is 3.83. The Bertz CT molecular complexity index is 600. The molecule has 0 aromatic heterocycles. The molecule has 1 aromatic rings. The first kappa shape index (κ1) is 13.2. The third-order valence-electron chi connectivity index (χ3n) is 2.63. The molecule has 0 saturated heterocycles. The van der Waals surface area contributed by atoms with E-state index in [0.717, 1.165) is 11.4 Å². The molecule has 0 saturated carbocycles. The first-order valence-corrected chi connectivity index (χ1v) is 6.48. The van der Waals surface area contributed by atoms with Crippen LogP contribution >= 0.6 is 11.8 Å². The topological polar surface area (TPSA) is 53.3 Å². The summed E-state index contributed by atoms with van der Waals surface area (Å²) in [6.45, 7) is 1.93. The maximum atomic E-state index is 11.6. The predicted octanol–water partition coefficient (Wildman–Crippen LogP) is 3.01. The van der Waals surface area contributed by atoms with E-state index in [0.29, 0.717) is 5.03 Å². The van der Waals surface area contributed by atoms with Gasteiger partial charge in [0.2, 0.25) is 0 Å². The Kier molecular flexibility index (Phi) is 3.93. The molecule has 0 bridgehead atoms. The van der Waals surface area contributed by atoms with Gasteiger partial charge in [-0.15, -0.1) is 0 Å². The fourth-order valence-electron chi connectivity index (χ4n) is 1.76. The Morgan fingerprint density at radius 2 is 2.05 bits per heavy atom. The number of rotatable bonds is 2. The molecule has 0 atom stereocenters. The van der Waals surface area contributed by atoms with Crippen molar-refractivity contribution < 1.29 is 9.53 Å². The van der Waals surface area contributed by atoms with Crippen molar-refractivity contribution in [3.05, 3.63) is 52.0 Å². The second-order valence-corrected chi connectivity index (χ2v) is 4.69. The number of thioether (sulfide) groups is 1. The Hall–Kier alpha value is -2.19. The molecule has 2 rings (SSSR count). The van der Waals surface area contributed by atoms with Crippen LogP contribution in [0.5, 0.6) is 0 Å². The molecule has 0 N–H and O–H groups in total. The number of methoxy groups -OCH3 is 1. The molecule has 0 radical (unpaired) electrons. The van der Waals surface area contributed by atoms with E-state index in [1.807, 2.05) is 53.6 Å². The highest BCUT2D eigenvalue weighted by atomic mass is 32.2. The number of anilines is 1. The lowest BCUT2D eigenvalue weighted by atomic mass is 10.2. The number of nitrogens with zero attached hydrogens (tertiary/aromatic N) is 2. The van der Waals surface area contributed by atoms with E-state index in [4.69, 9.17) is 5.26 Å². The molecule has 19 heavy (non-hydrogen) atoms. The van der Waals surface area contributed by atoms with Gasteiger partial charge >= 0.3 is 5.97 Å². The molecule has 0 amide bonds. The number of allylic oxidation sites excluding steroid dienone is 1. The molecule has 1 aliphatic rings. The van der Waals surface area contributed by atoms with Gasteiger partial charge in [0.15, 0.2) is 5.57 Å². The minimum Gasteiger partial charge on any atom is -0.465 e. The fourth-order valence-corrected chi connectivity index (χ4v) is 2.75. The van der Waals surface area contributed by atoms with Gasteiger partial charge in [-0.2, -0.15) is 5.26 Å². The minimum atomic E-state index is -0.617. The van der Waals surface area contributed by atoms with Gasteiger partial charge in [-0.25, -0.2) is 4.79 Å². The van der Waals surface area contributed by atoms with Gasteiger partial charge in [0.1, 0.15) is 11.1 Å². The molecule has 4 nitrogen and oxygen atoms in total. The lowest BCUT2D eigenvalue weighted by molar-refractivity contribution is -0.135. The SMILES string of the molecule is COC(=O)/C(C#N)=C1\SC=C(C)N1c1ccccc1. The van der Waals surface area contributed by atoms with Crippen LogP contribution in [-0.4, -0.2) is 13.1 Å². The van der Waals surface area contributed by atoms with Crippen molar-refractivity contribution in [3.8, 4) is 6.07 Å². The molecule has 0 aliphatic carbocycles. The van der Waals surface area contributed by atoms with Crippen LogP contribution in [0.1, 0.15) is 6.92 Å². The Balaban J connectivity index is 2.51. The zero-order valence-electron chi connectivity index (χ0n) is 10.6. The minimum absolute atomic E-state index is 0.0180. The zero-order valence-corrected chi connectivity index (χ0v) is 11.4. The predicted molar refractivity (Wildman–Crippen MR) is 74.9 cm³/mol. The number of para-hydroxylation sites is 1. The van der Waals surface area contributed by atoms with E-state index in [9.17, 15) is 4.79 Å². The molecule has 0 fully saturated rings. The summed E-state index contributed by atoms with van der Waals surface area (Å²) in [5.41, 5.74) is 1.89. The normalized spacial score (nSPS) is 16.7. The third-order valence-corrected chi connectivity index (χ3v) is 3.70. The van der Waals surface area contributed by atoms with Crippen LogP contribution < -0.4 is 4.90 Å². The van der Waals surface area contributed by atoms with Crippen LogP contribution in [0.4, 0.5) is 5.69 Å². The summed E-state index contributed by atoms with van der Waals surface area (Å²) in [6, 6.07) is 11.5. The largest absolute Gasteiger partial charge is 0.465 e. The molecule has 5 heteroatoms. The smallest absolute Gasteiger partial charge is 0.351 e. The van der Waals surface area contributed by atoms with Gasteiger partial charge < -0.3 is 9.64 Å². The average Bonchev–Trinajstić information content (AvgIpc) is 2.82. The van der Waals surface area contributed by atoms with E-state index in [1.54, 1.807) is 0 Å². The second kappa shape index (κ2) is 5.63. The monoisotopic (exact) mass is 272 g/mol. The van der Waals surface area contributed by atoms with Crippen molar-refractivity contribution >= 4 is 23.4 Å². The Morgan fingerprint density at radius 1 is 1.37 bits per heavy atom. The van der Waals surface area contributed by atoms with Gasteiger partial charge in [0, 0.05) is 11.4 Å². The molecule has 1 aliphatic heterocycles. The number of hydrogen-bond acceptors (Lipinski definition) is 5. The Labute approximate surface area is 116 Å². The molecular formula is C14H12N2O2S. The van der Waals surface area contributed by atoms with Crippen LogP contribution in [0.25, 0.3) is 0 Å². The number of nitriles is 1. The summed E-state index contributed by atoms with van der Waals surface area (Å²) in [7, 11) is 1.27. The van der Waals surface area contributed by atoms with Crippen LogP contribution in [0.3, 0.4) is 0 Å². The van der Waals surface area contributed by atoms with E-state index in [2.05, 4.69) is 4.74 Å². The molecule has 1 heterocycles. The summed E-state index contributed by atoms with van der Waals surface area (Å²) in [5, 5.41) is 11.7. The van der Waals surface area contributed by atoms with Gasteiger partial charge in [-0.1, -0.05) is 30.0 Å². The standard InChI is InChI=1S/C14H12N2O2S/c1-10-9-19-13(12(8-15)14(17)18-2)16(10)11-6-4-3-5-7-11/h3-7,9H,1-2H3/b13-12-. The highest BCUT2D eigenvalue weighted by Crippen LogP contribution is 2.40. The third kappa shape index (κ3) is 2.49. The van der Waals surface area contributed by atoms with Crippen molar-refractivity contribution in [2.45, 2.75) is 6.92 Å². The number of carbonyl (C=O) groups is 1. The summed E-state index contributed by atoms with van der Waals surface area (Å²) >= 11 is 1.35. The summed E-state index contributed by atoms with van der Waals surface area (Å²) in [6.07, 6.45) is 0. The maximum Gasteiger partial charge on any atom is 0.351 e. The van der Waals surface area contributed by atoms with E-state index >= 15 is 0 Å². The Morgan fingerprint density at radius 3 is 2.63 bits per heavy atom. The van der Waals surface area contributed by atoms with E-state index < -0.39 is 5.97 Å². The quantitative estimate of drug-likeness (QED) is 0.470. The van der Waals surface area contributed by atoms with Crippen LogP contribution in [-0.2, 0) is 9.53 Å². The van der Waals surface area contributed by atoms with Crippen molar-refractivity contribution in [2.24, 2.45) is 0 Å². The number of carbonyl (C=O) groups excluding carboxylic acids is 1. The molecule has 0 unspecified atom stereocenters. The fraction of sp³-hybridized carbons (Fsp3) is 0.143. The highest BCUT2D eigenvalue weighted by Gasteiger charge is 2.27. The van der Waals surface area contributed by atoms with Crippen molar-refractivity contribution in [3.63, 3.8) is 0 Å². The number of hydrogen-bond donors (Lipinski definition) is 0. The van der Waals surface area contributed by atoms with Crippen LogP contribution in [0, 0.1) is 11.3 Å². The number of benzene rings is 1. The lowest BCUT2D eigenvalue weighted by Crippen LogP contribution is -2.18. The maximum absolute atomic E-state index is 11.6. The van der Waals surface area contributed by atoms with E-state index in [1.165, 1.54) is 18.9 Å². The van der Waals surface area contributed by atoms with Crippen molar-refractivity contribution in [2.75, 3.05) is 12.0 Å². The summed E-state index contributed by atoms with van der Waals surface area (Å²) in [4.78, 5) is 13.5. The number of ether oxygens (including phenoxy) is 1. The zero-order chi connectivity index (χ0) is 13.8. The molecule has 1 aromatic carbocycles. The first-order chi connectivity index (χ1) is 9.19. The van der Waals surface area contributed by atoms with E-state index in [-0.39, 0.29) is 5.57 Å². The van der Waals surface area contributed by atoms with Crippen LogP contribution in [0.15, 0.2) is 52.0 Å². The van der Waals surface area contributed by atoms with Crippen molar-refractivity contribution in [1.82, 2.24) is 0 Å². The lowest BCUT2D eigenvalue weighted by Gasteiger charge is -2.22. The first-order valence-electron chi connectivity index (χ1n) is 5.60. The van der Waals surface area contributed by atoms with Crippen molar-refractivity contribution in [1.29, 1.82) is 5.26 Å².